The number of ether oxygens (including phenoxy) is 3. The summed E-state index contributed by atoms with van der Waals surface area (Å²) in [4.78, 5) is 11.7. The molecule has 4 N–H and O–H groups in total. The second-order valence-electron chi connectivity index (χ2n) is 14.2. The summed E-state index contributed by atoms with van der Waals surface area (Å²) in [5.41, 5.74) is 0.600. The lowest BCUT2D eigenvalue weighted by molar-refractivity contribution is -0.139. The van der Waals surface area contributed by atoms with Gasteiger partial charge in [-0.25, -0.2) is 4.79 Å². The number of cyclic esters (lactones) is 1. The van der Waals surface area contributed by atoms with Crippen molar-refractivity contribution in [2.45, 2.75) is 216 Å². The third-order valence-electron chi connectivity index (χ3n) is 10.1. The molecule has 2 unspecified atom stereocenters. The lowest BCUT2D eigenvalue weighted by atomic mass is 9.98. The summed E-state index contributed by atoms with van der Waals surface area (Å²) in [5.74, 6) is -0.295. The van der Waals surface area contributed by atoms with Crippen LogP contribution in [0.2, 0.25) is 0 Å². The van der Waals surface area contributed by atoms with Gasteiger partial charge < -0.3 is 34.6 Å². The largest absolute Gasteiger partial charge is 0.455 e. The molecule has 0 saturated carbocycles. The van der Waals surface area contributed by atoms with Crippen LogP contribution < -0.4 is 0 Å². The molecule has 0 aromatic heterocycles. The van der Waals surface area contributed by atoms with Crippen LogP contribution in [0.15, 0.2) is 11.6 Å². The molecule has 0 aliphatic carbocycles. The van der Waals surface area contributed by atoms with E-state index < -0.39 is 24.4 Å². The molecule has 0 spiro atoms. The molecule has 3 aliphatic rings. The van der Waals surface area contributed by atoms with Gasteiger partial charge in [0.15, 0.2) is 0 Å². The van der Waals surface area contributed by atoms with E-state index in [1.165, 1.54) is 38.5 Å². The first kappa shape index (κ1) is 38.4. The van der Waals surface area contributed by atoms with E-state index in [-0.39, 0.29) is 36.5 Å². The first-order valence-electron chi connectivity index (χ1n) is 18.7. The zero-order valence-corrected chi connectivity index (χ0v) is 28.5. The van der Waals surface area contributed by atoms with Crippen LogP contribution in [0.4, 0.5) is 0 Å². The first-order chi connectivity index (χ1) is 21.8. The van der Waals surface area contributed by atoms with Crippen LogP contribution in [0.1, 0.15) is 162 Å². The fourth-order valence-electron chi connectivity index (χ4n) is 7.29. The fraction of sp³-hybridized carbons (Fsp3) is 0.919. The molecule has 0 aromatic carbocycles. The molecule has 0 bridgehead atoms. The molecule has 3 rings (SSSR count). The number of aliphatic hydroxyl groups is 4. The van der Waals surface area contributed by atoms with Gasteiger partial charge in [-0.1, -0.05) is 90.4 Å². The number of unbranched alkanes of at least 4 members (excludes halogenated alkanes) is 11. The minimum absolute atomic E-state index is 0.162. The Hall–Kier alpha value is -1.03. The summed E-state index contributed by atoms with van der Waals surface area (Å²) in [6, 6.07) is 0. The van der Waals surface area contributed by atoms with E-state index in [4.69, 9.17) is 14.2 Å². The van der Waals surface area contributed by atoms with Crippen molar-refractivity contribution in [1.29, 1.82) is 0 Å². The SMILES string of the molecule is CCCCCCCCCC[C@H](O)[C@H]1CC[C@H]([C@H](O)CCC(O)[C@@H]2CCC(CCCCCCC[C@@H](O)CC3=C[C@H](C)OC3=O)O2)O1. The Morgan fingerprint density at radius 3 is 1.78 bits per heavy atom. The fourth-order valence-corrected chi connectivity index (χ4v) is 7.29. The second-order valence-corrected chi connectivity index (χ2v) is 14.2. The van der Waals surface area contributed by atoms with Gasteiger partial charge in [0.1, 0.15) is 6.10 Å². The second kappa shape index (κ2) is 21.8. The molecule has 0 amide bonds. The van der Waals surface area contributed by atoms with Gasteiger partial charge in [0, 0.05) is 12.0 Å². The highest BCUT2D eigenvalue weighted by molar-refractivity contribution is 5.90. The Morgan fingerprint density at radius 1 is 0.667 bits per heavy atom. The van der Waals surface area contributed by atoms with Crippen molar-refractivity contribution < 1.29 is 39.4 Å². The Morgan fingerprint density at radius 2 is 1.18 bits per heavy atom. The van der Waals surface area contributed by atoms with E-state index in [2.05, 4.69) is 6.92 Å². The van der Waals surface area contributed by atoms with E-state index in [0.29, 0.717) is 31.3 Å². The molecule has 2 fully saturated rings. The van der Waals surface area contributed by atoms with E-state index in [1.54, 1.807) is 6.08 Å². The number of aliphatic hydroxyl groups excluding tert-OH is 4. The molecule has 8 nitrogen and oxygen atoms in total. The van der Waals surface area contributed by atoms with Crippen molar-refractivity contribution in [2.24, 2.45) is 0 Å². The topological polar surface area (TPSA) is 126 Å². The van der Waals surface area contributed by atoms with Crippen LogP contribution in [0.5, 0.6) is 0 Å². The van der Waals surface area contributed by atoms with Gasteiger partial charge in [-0.05, 0) is 70.8 Å². The summed E-state index contributed by atoms with van der Waals surface area (Å²) < 4.78 is 17.3. The highest BCUT2D eigenvalue weighted by Gasteiger charge is 2.36. The minimum atomic E-state index is -0.627. The van der Waals surface area contributed by atoms with Crippen LogP contribution in [0, 0.1) is 0 Å². The van der Waals surface area contributed by atoms with Gasteiger partial charge in [-0.15, -0.1) is 0 Å². The quantitative estimate of drug-likeness (QED) is 0.0634. The number of carbonyl (C=O) groups is 1. The highest BCUT2D eigenvalue weighted by Crippen LogP contribution is 2.31. The summed E-state index contributed by atoms with van der Waals surface area (Å²) in [6.45, 7) is 4.07. The normalized spacial score (nSPS) is 27.8. The van der Waals surface area contributed by atoms with E-state index >= 15 is 0 Å². The predicted octanol–water partition coefficient (Wildman–Crippen LogP) is 6.83. The van der Waals surface area contributed by atoms with Crippen molar-refractivity contribution in [2.75, 3.05) is 0 Å². The molecule has 262 valence electrons. The average molecular weight is 639 g/mol. The zero-order chi connectivity index (χ0) is 32.4. The number of rotatable bonds is 25. The summed E-state index contributed by atoms with van der Waals surface area (Å²) in [5, 5.41) is 42.4. The predicted molar refractivity (Wildman–Crippen MR) is 177 cm³/mol. The molecular weight excluding hydrogens is 572 g/mol. The summed E-state index contributed by atoms with van der Waals surface area (Å²) in [6.07, 6.45) is 21.6. The maximum atomic E-state index is 11.7. The lowest BCUT2D eigenvalue weighted by Gasteiger charge is -2.24. The van der Waals surface area contributed by atoms with Gasteiger partial charge in [-0.3, -0.25) is 0 Å². The molecule has 3 aliphatic heterocycles. The highest BCUT2D eigenvalue weighted by atomic mass is 16.5. The average Bonchev–Trinajstić information content (AvgIpc) is 3.77. The monoisotopic (exact) mass is 638 g/mol. The van der Waals surface area contributed by atoms with Crippen molar-refractivity contribution in [3.8, 4) is 0 Å². The van der Waals surface area contributed by atoms with Crippen LogP contribution in [-0.2, 0) is 19.0 Å². The van der Waals surface area contributed by atoms with Gasteiger partial charge in [0.2, 0.25) is 0 Å². The molecular formula is C37H66O8. The smallest absolute Gasteiger partial charge is 0.334 e. The van der Waals surface area contributed by atoms with Gasteiger partial charge in [-0.2, -0.15) is 0 Å². The van der Waals surface area contributed by atoms with Crippen LogP contribution in [0.25, 0.3) is 0 Å². The van der Waals surface area contributed by atoms with Crippen molar-refractivity contribution in [1.82, 2.24) is 0 Å². The van der Waals surface area contributed by atoms with Crippen LogP contribution >= 0.6 is 0 Å². The minimum Gasteiger partial charge on any atom is -0.455 e. The van der Waals surface area contributed by atoms with Crippen LogP contribution in [-0.4, -0.2) is 81.3 Å². The lowest BCUT2D eigenvalue weighted by Crippen LogP contribution is -2.33. The first-order valence-corrected chi connectivity index (χ1v) is 18.7. The van der Waals surface area contributed by atoms with Crippen molar-refractivity contribution >= 4 is 5.97 Å². The maximum absolute atomic E-state index is 11.7. The molecule has 3 heterocycles. The number of esters is 1. The van der Waals surface area contributed by atoms with Crippen molar-refractivity contribution in [3.05, 3.63) is 11.6 Å². The molecule has 8 heteroatoms. The molecule has 45 heavy (non-hydrogen) atoms. The summed E-state index contributed by atoms with van der Waals surface area (Å²) in [7, 11) is 0. The molecule has 0 radical (unpaired) electrons. The van der Waals surface area contributed by atoms with E-state index in [0.717, 1.165) is 83.5 Å². The van der Waals surface area contributed by atoms with Crippen LogP contribution in [0.3, 0.4) is 0 Å². The maximum Gasteiger partial charge on any atom is 0.334 e. The van der Waals surface area contributed by atoms with Gasteiger partial charge >= 0.3 is 5.97 Å². The third-order valence-corrected chi connectivity index (χ3v) is 10.1. The van der Waals surface area contributed by atoms with Gasteiger partial charge in [0.25, 0.3) is 0 Å². The third kappa shape index (κ3) is 14.7. The molecule has 0 aromatic rings. The Bertz CT molecular complexity index is 833. The van der Waals surface area contributed by atoms with E-state index in [9.17, 15) is 25.2 Å². The van der Waals surface area contributed by atoms with Gasteiger partial charge in [0.05, 0.1) is 48.8 Å². The number of hydrogen-bond donors (Lipinski definition) is 4. The summed E-state index contributed by atoms with van der Waals surface area (Å²) >= 11 is 0. The van der Waals surface area contributed by atoms with E-state index in [1.807, 2.05) is 6.92 Å². The standard InChI is InChI=1S/C37H66O8/c1-3-4-5-6-7-8-12-15-18-31(39)35-23-24-36(45-35)33(41)21-20-32(40)34-22-19-30(44-34)17-14-11-9-10-13-16-29(38)26-28-25-27(2)43-37(28)42/h25,27,29-36,38-41H,3-24,26H2,1-2H3/t27-,29+,30?,31-,32?,33+,34-,35+,36+/m0/s1. The Kier molecular flexibility index (Phi) is 18.6. The zero-order valence-electron chi connectivity index (χ0n) is 28.5. The van der Waals surface area contributed by atoms with Crippen molar-refractivity contribution in [3.63, 3.8) is 0 Å². The Labute approximate surface area is 273 Å². The Balaban J connectivity index is 1.16. The molecule has 2 saturated heterocycles. The number of hydrogen-bond acceptors (Lipinski definition) is 8. The molecule has 9 atom stereocenters. The number of carbonyl (C=O) groups excluding carboxylic acids is 1.